The molecule has 0 aliphatic heterocycles. The van der Waals surface area contributed by atoms with Crippen molar-refractivity contribution >= 4 is 0 Å². The molecular weight excluding hydrogens is 228 g/mol. The molecule has 5 nitrogen and oxygen atoms in total. The van der Waals surface area contributed by atoms with Gasteiger partial charge < -0.3 is 10.1 Å². The van der Waals surface area contributed by atoms with E-state index in [1.54, 1.807) is 7.11 Å². The van der Waals surface area contributed by atoms with Crippen molar-refractivity contribution in [1.82, 2.24) is 20.5 Å². The highest BCUT2D eigenvalue weighted by Gasteiger charge is 2.00. The predicted molar refractivity (Wildman–Crippen MR) is 69.5 cm³/mol. The molecule has 5 heteroatoms. The second-order valence-electron chi connectivity index (χ2n) is 4.16. The van der Waals surface area contributed by atoms with Crippen molar-refractivity contribution in [2.45, 2.75) is 19.9 Å². The number of hydrogen-bond acceptors (Lipinski definition) is 4. The Hall–Kier alpha value is -1.88. The average molecular weight is 246 g/mol. The van der Waals surface area contributed by atoms with Crippen molar-refractivity contribution in [1.29, 1.82) is 0 Å². The molecule has 0 aliphatic rings. The average Bonchev–Trinajstić information content (AvgIpc) is 2.88. The SMILES string of the molecule is COc1ccc(CNCCc2ncn[nH]2)cc1C. The molecule has 2 aromatic rings. The number of aromatic nitrogens is 3. The first-order valence-corrected chi connectivity index (χ1v) is 5.98. The molecule has 0 fully saturated rings. The van der Waals surface area contributed by atoms with Gasteiger partial charge in [0.05, 0.1) is 7.11 Å². The summed E-state index contributed by atoms with van der Waals surface area (Å²) in [7, 11) is 1.69. The lowest BCUT2D eigenvalue weighted by atomic mass is 10.1. The summed E-state index contributed by atoms with van der Waals surface area (Å²) in [6.45, 7) is 3.77. The van der Waals surface area contributed by atoms with Crippen LogP contribution in [0.25, 0.3) is 0 Å². The first-order chi connectivity index (χ1) is 8.79. The molecule has 1 heterocycles. The molecule has 0 atom stereocenters. The lowest BCUT2D eigenvalue weighted by Crippen LogP contribution is -2.17. The minimum absolute atomic E-state index is 0.846. The van der Waals surface area contributed by atoms with Crippen LogP contribution in [-0.4, -0.2) is 28.8 Å². The fourth-order valence-corrected chi connectivity index (χ4v) is 1.84. The third-order valence-electron chi connectivity index (χ3n) is 2.79. The van der Waals surface area contributed by atoms with Gasteiger partial charge in [0.15, 0.2) is 0 Å². The van der Waals surface area contributed by atoms with Crippen molar-refractivity contribution in [2.24, 2.45) is 0 Å². The summed E-state index contributed by atoms with van der Waals surface area (Å²) in [5.74, 6) is 1.84. The third-order valence-corrected chi connectivity index (χ3v) is 2.79. The van der Waals surface area contributed by atoms with Crippen molar-refractivity contribution in [3.05, 3.63) is 41.5 Å². The molecule has 2 N–H and O–H groups in total. The number of hydrogen-bond donors (Lipinski definition) is 2. The van der Waals surface area contributed by atoms with E-state index in [1.807, 2.05) is 6.07 Å². The number of aromatic amines is 1. The summed E-state index contributed by atoms with van der Waals surface area (Å²) in [6, 6.07) is 6.22. The van der Waals surface area contributed by atoms with Crippen LogP contribution < -0.4 is 10.1 Å². The van der Waals surface area contributed by atoms with E-state index in [-0.39, 0.29) is 0 Å². The number of ether oxygens (including phenoxy) is 1. The molecule has 0 unspecified atom stereocenters. The maximum atomic E-state index is 5.23. The molecule has 0 saturated carbocycles. The van der Waals surface area contributed by atoms with Gasteiger partial charge in [-0.2, -0.15) is 5.10 Å². The summed E-state index contributed by atoms with van der Waals surface area (Å²) in [5.41, 5.74) is 2.41. The summed E-state index contributed by atoms with van der Waals surface area (Å²) < 4.78 is 5.23. The van der Waals surface area contributed by atoms with Gasteiger partial charge in [0.1, 0.15) is 17.9 Å². The largest absolute Gasteiger partial charge is 0.496 e. The molecule has 0 bridgehead atoms. The number of benzene rings is 1. The van der Waals surface area contributed by atoms with Gasteiger partial charge in [-0.25, -0.2) is 4.98 Å². The van der Waals surface area contributed by atoms with E-state index in [9.17, 15) is 0 Å². The fraction of sp³-hybridized carbons (Fsp3) is 0.385. The van der Waals surface area contributed by atoms with Crippen LogP contribution >= 0.6 is 0 Å². The van der Waals surface area contributed by atoms with E-state index >= 15 is 0 Å². The normalized spacial score (nSPS) is 10.6. The van der Waals surface area contributed by atoms with Gasteiger partial charge in [-0.3, -0.25) is 5.10 Å². The Morgan fingerprint density at radius 3 is 2.94 bits per heavy atom. The maximum absolute atomic E-state index is 5.23. The van der Waals surface area contributed by atoms with Gasteiger partial charge >= 0.3 is 0 Å². The van der Waals surface area contributed by atoms with E-state index in [2.05, 4.69) is 39.6 Å². The standard InChI is InChI=1S/C13H18N4O/c1-10-7-11(3-4-12(10)18-2)8-14-6-5-13-15-9-16-17-13/h3-4,7,9,14H,5-6,8H2,1-2H3,(H,15,16,17). The molecule has 2 rings (SSSR count). The van der Waals surface area contributed by atoms with E-state index in [1.165, 1.54) is 11.9 Å². The Bertz CT molecular complexity index is 482. The second kappa shape index (κ2) is 6.16. The highest BCUT2D eigenvalue weighted by Crippen LogP contribution is 2.18. The molecular formula is C13H18N4O. The van der Waals surface area contributed by atoms with Crippen molar-refractivity contribution in [3.8, 4) is 5.75 Å². The van der Waals surface area contributed by atoms with E-state index in [4.69, 9.17) is 4.74 Å². The molecule has 0 radical (unpaired) electrons. The Labute approximate surface area is 107 Å². The number of nitrogens with zero attached hydrogens (tertiary/aromatic N) is 2. The Balaban J connectivity index is 1.78. The van der Waals surface area contributed by atoms with Crippen LogP contribution in [0, 0.1) is 6.92 Å². The van der Waals surface area contributed by atoms with Gasteiger partial charge in [-0.05, 0) is 24.1 Å². The number of methoxy groups -OCH3 is 1. The van der Waals surface area contributed by atoms with Crippen molar-refractivity contribution in [2.75, 3.05) is 13.7 Å². The lowest BCUT2D eigenvalue weighted by Gasteiger charge is -2.08. The molecule has 1 aromatic heterocycles. The molecule has 0 saturated heterocycles. The van der Waals surface area contributed by atoms with E-state index in [0.717, 1.165) is 36.6 Å². The van der Waals surface area contributed by atoms with Gasteiger partial charge in [-0.15, -0.1) is 0 Å². The monoisotopic (exact) mass is 246 g/mol. The Morgan fingerprint density at radius 1 is 1.39 bits per heavy atom. The highest BCUT2D eigenvalue weighted by atomic mass is 16.5. The summed E-state index contributed by atoms with van der Waals surface area (Å²) in [5, 5.41) is 10.0. The van der Waals surface area contributed by atoms with Crippen LogP contribution in [-0.2, 0) is 13.0 Å². The molecule has 0 amide bonds. The predicted octanol–water partition coefficient (Wildman–Crippen LogP) is 1.45. The molecule has 18 heavy (non-hydrogen) atoms. The highest BCUT2D eigenvalue weighted by molar-refractivity contribution is 5.36. The maximum Gasteiger partial charge on any atom is 0.137 e. The van der Waals surface area contributed by atoms with E-state index in [0.29, 0.717) is 0 Å². The first kappa shape index (κ1) is 12.6. The van der Waals surface area contributed by atoms with Gasteiger partial charge in [0.25, 0.3) is 0 Å². The molecule has 96 valence electrons. The summed E-state index contributed by atoms with van der Waals surface area (Å²) in [4.78, 5) is 4.07. The van der Waals surface area contributed by atoms with Crippen LogP contribution in [0.5, 0.6) is 5.75 Å². The quantitative estimate of drug-likeness (QED) is 0.757. The number of rotatable bonds is 6. The number of H-pyrrole nitrogens is 1. The minimum Gasteiger partial charge on any atom is -0.496 e. The minimum atomic E-state index is 0.846. The molecule has 1 aromatic carbocycles. The Kier molecular flexibility index (Phi) is 4.30. The van der Waals surface area contributed by atoms with Gasteiger partial charge in [-0.1, -0.05) is 12.1 Å². The van der Waals surface area contributed by atoms with Crippen LogP contribution in [0.3, 0.4) is 0 Å². The number of aryl methyl sites for hydroxylation is 1. The third kappa shape index (κ3) is 3.30. The van der Waals surface area contributed by atoms with Gasteiger partial charge in [0.2, 0.25) is 0 Å². The van der Waals surface area contributed by atoms with Crippen LogP contribution in [0.15, 0.2) is 24.5 Å². The van der Waals surface area contributed by atoms with Crippen LogP contribution in [0.2, 0.25) is 0 Å². The van der Waals surface area contributed by atoms with Crippen molar-refractivity contribution in [3.63, 3.8) is 0 Å². The Morgan fingerprint density at radius 2 is 2.28 bits per heavy atom. The van der Waals surface area contributed by atoms with Crippen LogP contribution in [0.4, 0.5) is 0 Å². The summed E-state index contributed by atoms with van der Waals surface area (Å²) >= 11 is 0. The van der Waals surface area contributed by atoms with E-state index < -0.39 is 0 Å². The van der Waals surface area contributed by atoms with Crippen molar-refractivity contribution < 1.29 is 4.74 Å². The summed E-state index contributed by atoms with van der Waals surface area (Å²) in [6.07, 6.45) is 2.39. The first-order valence-electron chi connectivity index (χ1n) is 5.98. The zero-order valence-electron chi connectivity index (χ0n) is 10.7. The zero-order chi connectivity index (χ0) is 12.8. The van der Waals surface area contributed by atoms with Gasteiger partial charge in [0, 0.05) is 19.5 Å². The molecule has 0 spiro atoms. The number of nitrogens with one attached hydrogen (secondary N) is 2. The van der Waals surface area contributed by atoms with Crippen LogP contribution in [0.1, 0.15) is 17.0 Å². The topological polar surface area (TPSA) is 62.8 Å². The smallest absolute Gasteiger partial charge is 0.137 e. The second-order valence-corrected chi connectivity index (χ2v) is 4.16. The zero-order valence-corrected chi connectivity index (χ0v) is 10.7. The lowest BCUT2D eigenvalue weighted by molar-refractivity contribution is 0.411. The molecule has 0 aliphatic carbocycles. The fourth-order valence-electron chi connectivity index (χ4n) is 1.84.